The predicted octanol–water partition coefficient (Wildman–Crippen LogP) is 3.24. The van der Waals surface area contributed by atoms with E-state index in [1.54, 1.807) is 6.20 Å². The first kappa shape index (κ1) is 9.53. The van der Waals surface area contributed by atoms with Gasteiger partial charge in [-0.1, -0.05) is 25.4 Å². The number of aryl methyl sites for hydroxylation is 1. The number of hydrogen-bond donors (Lipinski definition) is 0. The average molecular weight is 184 g/mol. The van der Waals surface area contributed by atoms with Gasteiger partial charge in [0.2, 0.25) is 0 Å². The monoisotopic (exact) mass is 183 g/mol. The zero-order valence-electron chi connectivity index (χ0n) is 7.76. The minimum absolute atomic E-state index is 0.643. The third kappa shape index (κ3) is 2.49. The average Bonchev–Trinajstić information content (AvgIpc) is 1.96. The van der Waals surface area contributed by atoms with Gasteiger partial charge in [-0.3, -0.25) is 4.98 Å². The summed E-state index contributed by atoms with van der Waals surface area (Å²) in [4.78, 5) is 4.11. The summed E-state index contributed by atoms with van der Waals surface area (Å²) in [6.07, 6.45) is 2.76. The van der Waals surface area contributed by atoms with E-state index in [1.165, 1.54) is 5.56 Å². The molecule has 1 aromatic heterocycles. The van der Waals surface area contributed by atoms with Crippen LogP contribution in [0.4, 0.5) is 0 Å². The van der Waals surface area contributed by atoms with Crippen molar-refractivity contribution < 1.29 is 0 Å². The Labute approximate surface area is 78.8 Å². The van der Waals surface area contributed by atoms with E-state index in [9.17, 15) is 0 Å². The SMILES string of the molecule is Cc1cc(CC(C)C)c(Cl)cn1. The van der Waals surface area contributed by atoms with Gasteiger partial charge in [0.1, 0.15) is 0 Å². The van der Waals surface area contributed by atoms with Crippen LogP contribution in [0.15, 0.2) is 12.3 Å². The minimum atomic E-state index is 0.643. The standard InChI is InChI=1S/C10H14ClN/c1-7(2)4-9-5-8(3)12-6-10(9)11/h5-7H,4H2,1-3H3. The van der Waals surface area contributed by atoms with Crippen LogP contribution in [0.1, 0.15) is 25.1 Å². The lowest BCUT2D eigenvalue weighted by atomic mass is 10.0. The Bertz CT molecular complexity index is 269. The molecular formula is C10H14ClN. The van der Waals surface area contributed by atoms with E-state index in [-0.39, 0.29) is 0 Å². The maximum Gasteiger partial charge on any atom is 0.0621 e. The maximum atomic E-state index is 5.98. The van der Waals surface area contributed by atoms with Gasteiger partial charge in [0.25, 0.3) is 0 Å². The number of nitrogens with zero attached hydrogens (tertiary/aromatic N) is 1. The van der Waals surface area contributed by atoms with E-state index in [0.29, 0.717) is 5.92 Å². The highest BCUT2D eigenvalue weighted by Gasteiger charge is 2.03. The van der Waals surface area contributed by atoms with E-state index in [2.05, 4.69) is 24.9 Å². The molecule has 0 atom stereocenters. The molecule has 0 unspecified atom stereocenters. The Morgan fingerprint density at radius 1 is 1.50 bits per heavy atom. The highest BCUT2D eigenvalue weighted by Crippen LogP contribution is 2.18. The van der Waals surface area contributed by atoms with Gasteiger partial charge in [0.05, 0.1) is 5.02 Å². The van der Waals surface area contributed by atoms with Crippen molar-refractivity contribution in [2.45, 2.75) is 27.2 Å². The first-order valence-electron chi connectivity index (χ1n) is 4.20. The van der Waals surface area contributed by atoms with Gasteiger partial charge in [0, 0.05) is 11.9 Å². The number of hydrogen-bond acceptors (Lipinski definition) is 1. The maximum absolute atomic E-state index is 5.98. The van der Waals surface area contributed by atoms with E-state index in [0.717, 1.165) is 17.1 Å². The number of rotatable bonds is 2. The molecule has 0 amide bonds. The second kappa shape index (κ2) is 3.90. The van der Waals surface area contributed by atoms with Crippen molar-refractivity contribution in [2.75, 3.05) is 0 Å². The molecule has 0 saturated heterocycles. The van der Waals surface area contributed by atoms with Crippen molar-refractivity contribution in [2.24, 2.45) is 5.92 Å². The van der Waals surface area contributed by atoms with Crippen molar-refractivity contribution >= 4 is 11.6 Å². The Balaban J connectivity index is 2.90. The van der Waals surface area contributed by atoms with Crippen LogP contribution in [0.3, 0.4) is 0 Å². The summed E-state index contributed by atoms with van der Waals surface area (Å²) in [6, 6.07) is 2.06. The lowest BCUT2D eigenvalue weighted by Gasteiger charge is -2.07. The first-order valence-corrected chi connectivity index (χ1v) is 4.58. The van der Waals surface area contributed by atoms with Crippen LogP contribution in [0.2, 0.25) is 5.02 Å². The second-order valence-electron chi connectivity index (χ2n) is 3.52. The molecule has 1 rings (SSSR count). The van der Waals surface area contributed by atoms with Crippen molar-refractivity contribution in [1.29, 1.82) is 0 Å². The quantitative estimate of drug-likeness (QED) is 0.686. The molecule has 0 aliphatic rings. The van der Waals surface area contributed by atoms with Crippen LogP contribution >= 0.6 is 11.6 Å². The topological polar surface area (TPSA) is 12.9 Å². The Morgan fingerprint density at radius 2 is 2.17 bits per heavy atom. The van der Waals surface area contributed by atoms with Crippen LogP contribution in [0.25, 0.3) is 0 Å². The summed E-state index contributed by atoms with van der Waals surface area (Å²) >= 11 is 5.98. The lowest BCUT2D eigenvalue weighted by Crippen LogP contribution is -1.96. The Kier molecular flexibility index (Phi) is 3.10. The summed E-state index contributed by atoms with van der Waals surface area (Å²) < 4.78 is 0. The summed E-state index contributed by atoms with van der Waals surface area (Å²) in [5.74, 6) is 0.643. The molecule has 0 radical (unpaired) electrons. The molecule has 0 aliphatic carbocycles. The molecule has 0 N–H and O–H groups in total. The van der Waals surface area contributed by atoms with Crippen LogP contribution in [-0.2, 0) is 6.42 Å². The summed E-state index contributed by atoms with van der Waals surface area (Å²) in [6.45, 7) is 6.36. The van der Waals surface area contributed by atoms with Crippen LogP contribution in [-0.4, -0.2) is 4.98 Å². The van der Waals surface area contributed by atoms with Gasteiger partial charge < -0.3 is 0 Å². The third-order valence-electron chi connectivity index (χ3n) is 1.70. The molecule has 66 valence electrons. The van der Waals surface area contributed by atoms with Gasteiger partial charge in [-0.2, -0.15) is 0 Å². The van der Waals surface area contributed by atoms with Gasteiger partial charge in [0.15, 0.2) is 0 Å². The van der Waals surface area contributed by atoms with Gasteiger partial charge in [-0.25, -0.2) is 0 Å². The molecule has 12 heavy (non-hydrogen) atoms. The molecular weight excluding hydrogens is 170 g/mol. The molecule has 0 aliphatic heterocycles. The fraction of sp³-hybridized carbons (Fsp3) is 0.500. The predicted molar refractivity (Wildman–Crippen MR) is 52.5 cm³/mol. The van der Waals surface area contributed by atoms with E-state index in [1.807, 2.05) is 6.92 Å². The molecule has 0 aromatic carbocycles. The van der Waals surface area contributed by atoms with Gasteiger partial charge in [-0.05, 0) is 30.9 Å². The van der Waals surface area contributed by atoms with E-state index >= 15 is 0 Å². The molecule has 1 nitrogen and oxygen atoms in total. The minimum Gasteiger partial charge on any atom is -0.260 e. The van der Waals surface area contributed by atoms with Crippen LogP contribution < -0.4 is 0 Å². The third-order valence-corrected chi connectivity index (χ3v) is 2.04. The Morgan fingerprint density at radius 3 is 2.75 bits per heavy atom. The molecule has 0 spiro atoms. The highest BCUT2D eigenvalue weighted by molar-refractivity contribution is 6.31. The van der Waals surface area contributed by atoms with Crippen molar-refractivity contribution in [3.63, 3.8) is 0 Å². The van der Waals surface area contributed by atoms with Crippen molar-refractivity contribution in [1.82, 2.24) is 4.98 Å². The largest absolute Gasteiger partial charge is 0.260 e. The zero-order valence-corrected chi connectivity index (χ0v) is 8.52. The molecule has 0 bridgehead atoms. The van der Waals surface area contributed by atoms with Gasteiger partial charge >= 0.3 is 0 Å². The second-order valence-corrected chi connectivity index (χ2v) is 3.92. The first-order chi connectivity index (χ1) is 5.59. The van der Waals surface area contributed by atoms with Gasteiger partial charge in [-0.15, -0.1) is 0 Å². The fourth-order valence-corrected chi connectivity index (χ4v) is 1.38. The smallest absolute Gasteiger partial charge is 0.0621 e. The summed E-state index contributed by atoms with van der Waals surface area (Å²) in [5.41, 5.74) is 2.24. The molecule has 1 heterocycles. The molecule has 0 fully saturated rings. The zero-order chi connectivity index (χ0) is 9.14. The summed E-state index contributed by atoms with van der Waals surface area (Å²) in [7, 11) is 0. The van der Waals surface area contributed by atoms with Crippen LogP contribution in [0.5, 0.6) is 0 Å². The molecule has 1 aromatic rings. The molecule has 0 saturated carbocycles. The number of aromatic nitrogens is 1. The number of pyridine rings is 1. The fourth-order valence-electron chi connectivity index (χ4n) is 1.20. The lowest BCUT2D eigenvalue weighted by molar-refractivity contribution is 0.646. The number of halogens is 1. The van der Waals surface area contributed by atoms with E-state index in [4.69, 9.17) is 11.6 Å². The van der Waals surface area contributed by atoms with E-state index < -0.39 is 0 Å². The van der Waals surface area contributed by atoms with Crippen LogP contribution in [0, 0.1) is 12.8 Å². The van der Waals surface area contributed by atoms with Crippen molar-refractivity contribution in [3.05, 3.63) is 28.5 Å². The summed E-state index contributed by atoms with van der Waals surface area (Å²) in [5, 5.41) is 0.786. The normalized spacial score (nSPS) is 10.8. The van der Waals surface area contributed by atoms with Crippen molar-refractivity contribution in [3.8, 4) is 0 Å². The Hall–Kier alpha value is -0.560. The highest BCUT2D eigenvalue weighted by atomic mass is 35.5. The molecule has 2 heteroatoms.